The van der Waals surface area contributed by atoms with E-state index in [9.17, 15) is 0 Å². The second kappa shape index (κ2) is 2.84. The number of aryl methyl sites for hydroxylation is 1. The highest BCUT2D eigenvalue weighted by molar-refractivity contribution is 4.91. The average molecular weight is 140 g/mol. The van der Waals surface area contributed by atoms with Crippen LogP contribution in [0.25, 0.3) is 0 Å². The van der Waals surface area contributed by atoms with Gasteiger partial charge in [-0.3, -0.25) is 0 Å². The molecule has 0 amide bonds. The van der Waals surface area contributed by atoms with Gasteiger partial charge in [0.05, 0.1) is 7.05 Å². The topological polar surface area (TPSA) is 45.7 Å². The lowest BCUT2D eigenvalue weighted by atomic mass is 10.2. The molecule has 0 radical (unpaired) electrons. The van der Waals surface area contributed by atoms with E-state index in [1.807, 2.05) is 31.1 Å². The minimum Gasteiger partial charge on any atom is -0.328 e. The number of nitrogens with one attached hydrogen (secondary N) is 1. The minimum absolute atomic E-state index is 0.235. The highest BCUT2D eigenvalue weighted by Gasteiger charge is 2.03. The van der Waals surface area contributed by atoms with E-state index in [0.29, 0.717) is 0 Å². The molecule has 0 aliphatic rings. The number of imidazole rings is 1. The van der Waals surface area contributed by atoms with Crippen molar-refractivity contribution in [2.75, 3.05) is 0 Å². The molecule has 0 saturated carbocycles. The summed E-state index contributed by atoms with van der Waals surface area (Å²) in [7, 11) is 1.99. The molecular weight excluding hydrogens is 126 g/mol. The van der Waals surface area contributed by atoms with Crippen molar-refractivity contribution in [1.82, 2.24) is 4.98 Å². The predicted molar refractivity (Wildman–Crippen MR) is 39.3 cm³/mol. The van der Waals surface area contributed by atoms with Gasteiger partial charge in [0.15, 0.2) is 0 Å². The smallest absolute Gasteiger partial charge is 0.241 e. The molecule has 10 heavy (non-hydrogen) atoms. The lowest BCUT2D eigenvalue weighted by Gasteiger charge is -1.96. The molecule has 3 nitrogen and oxygen atoms in total. The van der Waals surface area contributed by atoms with Gasteiger partial charge >= 0.3 is 0 Å². The van der Waals surface area contributed by atoms with Gasteiger partial charge in [0.1, 0.15) is 11.9 Å². The SMILES string of the molecule is CC(N)Cc1c[n+](C)c[nH]1. The first-order valence-corrected chi connectivity index (χ1v) is 3.46. The average Bonchev–Trinajstić information content (AvgIpc) is 2.13. The van der Waals surface area contributed by atoms with Crippen molar-refractivity contribution in [3.05, 3.63) is 18.2 Å². The minimum atomic E-state index is 0.235. The summed E-state index contributed by atoms with van der Waals surface area (Å²) in [6.45, 7) is 2.00. The van der Waals surface area contributed by atoms with Crippen molar-refractivity contribution >= 4 is 0 Å². The second-order valence-corrected chi connectivity index (χ2v) is 2.77. The highest BCUT2D eigenvalue weighted by Crippen LogP contribution is 1.92. The molecule has 3 N–H and O–H groups in total. The molecule has 0 fully saturated rings. The van der Waals surface area contributed by atoms with E-state index < -0.39 is 0 Å². The molecule has 0 saturated heterocycles. The quantitative estimate of drug-likeness (QED) is 0.546. The van der Waals surface area contributed by atoms with E-state index in [1.54, 1.807) is 0 Å². The van der Waals surface area contributed by atoms with Gasteiger partial charge in [0, 0.05) is 12.5 Å². The van der Waals surface area contributed by atoms with Crippen molar-refractivity contribution in [2.24, 2.45) is 12.8 Å². The molecular formula is C7H14N3+. The van der Waals surface area contributed by atoms with Crippen LogP contribution in [0, 0.1) is 0 Å². The first-order chi connectivity index (χ1) is 4.68. The number of aromatic amines is 1. The van der Waals surface area contributed by atoms with E-state index in [0.717, 1.165) is 6.42 Å². The molecule has 3 heteroatoms. The molecule has 1 aromatic heterocycles. The Balaban J connectivity index is 2.58. The van der Waals surface area contributed by atoms with E-state index >= 15 is 0 Å². The lowest BCUT2D eigenvalue weighted by molar-refractivity contribution is -0.670. The van der Waals surface area contributed by atoms with Crippen LogP contribution in [0.15, 0.2) is 12.5 Å². The third-order valence-corrected chi connectivity index (χ3v) is 1.35. The first-order valence-electron chi connectivity index (χ1n) is 3.46. The monoisotopic (exact) mass is 140 g/mol. The Morgan fingerprint density at radius 2 is 2.50 bits per heavy atom. The molecule has 0 spiro atoms. The van der Waals surface area contributed by atoms with Crippen LogP contribution >= 0.6 is 0 Å². The number of aromatic nitrogens is 2. The van der Waals surface area contributed by atoms with Gasteiger partial charge in [-0.15, -0.1) is 0 Å². The number of hydrogen-bond donors (Lipinski definition) is 2. The highest BCUT2D eigenvalue weighted by atomic mass is 15.0. The maximum atomic E-state index is 5.60. The zero-order valence-electron chi connectivity index (χ0n) is 6.46. The molecule has 56 valence electrons. The Bertz CT molecular complexity index is 202. The van der Waals surface area contributed by atoms with Crippen molar-refractivity contribution < 1.29 is 4.57 Å². The van der Waals surface area contributed by atoms with Crippen molar-refractivity contribution in [3.8, 4) is 0 Å². The van der Waals surface area contributed by atoms with Gasteiger partial charge < -0.3 is 5.73 Å². The summed E-state index contributed by atoms with van der Waals surface area (Å²) in [6.07, 6.45) is 4.88. The molecule has 1 aromatic rings. The van der Waals surface area contributed by atoms with Gasteiger partial charge in [-0.25, -0.2) is 9.55 Å². The molecule has 1 unspecified atom stereocenters. The third-order valence-electron chi connectivity index (χ3n) is 1.35. The Hall–Kier alpha value is -0.830. The van der Waals surface area contributed by atoms with Gasteiger partial charge in [0.2, 0.25) is 6.33 Å². The number of H-pyrrole nitrogens is 1. The van der Waals surface area contributed by atoms with Gasteiger partial charge in [-0.05, 0) is 6.92 Å². The zero-order chi connectivity index (χ0) is 7.56. The van der Waals surface area contributed by atoms with Crippen LogP contribution in [0.5, 0.6) is 0 Å². The standard InChI is InChI=1S/C7H13N3/c1-6(8)3-7-4-10(2)5-9-7/h4-6H,3,8H2,1-2H3/p+1. The first kappa shape index (κ1) is 7.28. The Morgan fingerprint density at radius 3 is 2.90 bits per heavy atom. The van der Waals surface area contributed by atoms with Gasteiger partial charge in [-0.2, -0.15) is 0 Å². The Kier molecular flexibility index (Phi) is 2.06. The molecule has 0 bridgehead atoms. The van der Waals surface area contributed by atoms with Crippen LogP contribution in [0.2, 0.25) is 0 Å². The summed E-state index contributed by atoms with van der Waals surface area (Å²) < 4.78 is 1.98. The van der Waals surface area contributed by atoms with E-state index in [-0.39, 0.29) is 6.04 Å². The summed E-state index contributed by atoms with van der Waals surface area (Å²) in [5.41, 5.74) is 6.80. The van der Waals surface area contributed by atoms with Crippen LogP contribution in [0.1, 0.15) is 12.6 Å². The largest absolute Gasteiger partial charge is 0.328 e. The normalized spacial score (nSPS) is 13.5. The van der Waals surface area contributed by atoms with Crippen LogP contribution in [0.3, 0.4) is 0 Å². The summed E-state index contributed by atoms with van der Waals surface area (Å²) in [5.74, 6) is 0. The molecule has 0 aliphatic carbocycles. The summed E-state index contributed by atoms with van der Waals surface area (Å²) in [6, 6.07) is 0.235. The molecule has 1 atom stereocenters. The molecule has 0 aromatic carbocycles. The number of rotatable bonds is 2. The van der Waals surface area contributed by atoms with Crippen LogP contribution in [-0.4, -0.2) is 11.0 Å². The van der Waals surface area contributed by atoms with E-state index in [1.165, 1.54) is 5.69 Å². The molecule has 1 heterocycles. The maximum absolute atomic E-state index is 5.60. The molecule has 0 aliphatic heterocycles. The van der Waals surface area contributed by atoms with Crippen molar-refractivity contribution in [1.29, 1.82) is 0 Å². The van der Waals surface area contributed by atoms with Gasteiger partial charge in [0.25, 0.3) is 0 Å². The fourth-order valence-corrected chi connectivity index (χ4v) is 0.964. The fourth-order valence-electron chi connectivity index (χ4n) is 0.964. The summed E-state index contributed by atoms with van der Waals surface area (Å²) in [5, 5.41) is 0. The third kappa shape index (κ3) is 1.84. The summed E-state index contributed by atoms with van der Waals surface area (Å²) >= 11 is 0. The predicted octanol–water partition coefficient (Wildman–Crippen LogP) is -0.271. The lowest BCUT2D eigenvalue weighted by Crippen LogP contribution is -2.23. The fraction of sp³-hybridized carbons (Fsp3) is 0.571. The maximum Gasteiger partial charge on any atom is 0.241 e. The Morgan fingerprint density at radius 1 is 1.80 bits per heavy atom. The van der Waals surface area contributed by atoms with E-state index in [4.69, 9.17) is 5.73 Å². The van der Waals surface area contributed by atoms with Crippen LogP contribution in [-0.2, 0) is 13.5 Å². The second-order valence-electron chi connectivity index (χ2n) is 2.77. The Labute approximate surface area is 60.9 Å². The zero-order valence-corrected chi connectivity index (χ0v) is 6.46. The number of hydrogen-bond acceptors (Lipinski definition) is 1. The summed E-state index contributed by atoms with van der Waals surface area (Å²) in [4.78, 5) is 3.12. The van der Waals surface area contributed by atoms with Gasteiger partial charge in [-0.1, -0.05) is 0 Å². The van der Waals surface area contributed by atoms with Crippen molar-refractivity contribution in [2.45, 2.75) is 19.4 Å². The number of nitrogens with two attached hydrogens (primary N) is 1. The van der Waals surface area contributed by atoms with Crippen LogP contribution < -0.4 is 10.3 Å². The molecule has 1 rings (SSSR count). The van der Waals surface area contributed by atoms with Crippen molar-refractivity contribution in [3.63, 3.8) is 0 Å². The van der Waals surface area contributed by atoms with E-state index in [2.05, 4.69) is 4.98 Å². The van der Waals surface area contributed by atoms with Crippen LogP contribution in [0.4, 0.5) is 0 Å². The number of nitrogens with zero attached hydrogens (tertiary/aromatic N) is 1.